The van der Waals surface area contributed by atoms with Crippen LogP contribution < -0.4 is 41.4 Å². The third-order valence-corrected chi connectivity index (χ3v) is 20.1. The summed E-state index contributed by atoms with van der Waals surface area (Å²) in [5, 5.41) is 10.3. The number of nitrogens with zero attached hydrogens (tertiary/aromatic N) is 6. The van der Waals surface area contributed by atoms with E-state index in [2.05, 4.69) is 37.2 Å². The molecule has 0 aliphatic rings. The first kappa shape index (κ1) is 82.3. The highest BCUT2D eigenvalue weighted by Gasteiger charge is 2.41. The summed E-state index contributed by atoms with van der Waals surface area (Å²) in [7, 11) is 4.81. The molecular weight excluding hydrogens is 1410 g/mol. The van der Waals surface area contributed by atoms with Crippen LogP contribution in [0, 0.1) is 20.4 Å². The van der Waals surface area contributed by atoms with Gasteiger partial charge < -0.3 is 56.9 Å². The summed E-state index contributed by atoms with van der Waals surface area (Å²) in [6, 6.07) is 66.7. The molecule has 10 rings (SSSR count). The zero-order valence-electron chi connectivity index (χ0n) is 62.9. The van der Waals surface area contributed by atoms with E-state index >= 15 is 0 Å². The van der Waals surface area contributed by atoms with Crippen LogP contribution in [-0.2, 0) is 52.3 Å². The van der Waals surface area contributed by atoms with Gasteiger partial charge in [-0.1, -0.05) is 146 Å². The molecule has 1 N–H and O–H groups in total. The molecule has 10 aromatic rings. The van der Waals surface area contributed by atoms with Crippen LogP contribution in [0.4, 0.5) is 0 Å². The number of hydrogen-bond donors (Lipinski definition) is 1. The summed E-state index contributed by atoms with van der Waals surface area (Å²) in [5.74, 6) is 1.32. The van der Waals surface area contributed by atoms with E-state index in [1.807, 2.05) is 158 Å². The van der Waals surface area contributed by atoms with Crippen molar-refractivity contribution in [3.05, 3.63) is 340 Å². The molecule has 109 heavy (non-hydrogen) atoms. The maximum atomic E-state index is 13.7. The highest BCUT2D eigenvalue weighted by molar-refractivity contribution is 7.44. The van der Waals surface area contributed by atoms with Gasteiger partial charge in [0.2, 0.25) is 6.54 Å². The van der Waals surface area contributed by atoms with E-state index in [0.717, 1.165) is 33.4 Å². The van der Waals surface area contributed by atoms with Crippen LogP contribution in [-0.4, -0.2) is 145 Å². The summed E-state index contributed by atoms with van der Waals surface area (Å²) in [6.45, 7) is 18.7. The fourth-order valence-electron chi connectivity index (χ4n) is 12.5. The number of benzene rings is 8. The second kappa shape index (κ2) is 39.9. The lowest BCUT2D eigenvalue weighted by Gasteiger charge is -2.38. The minimum atomic E-state index is -1.64. The van der Waals surface area contributed by atoms with Crippen molar-refractivity contribution in [2.45, 2.75) is 90.1 Å². The van der Waals surface area contributed by atoms with Gasteiger partial charge in [-0.2, -0.15) is 9.13 Å². The van der Waals surface area contributed by atoms with E-state index in [9.17, 15) is 33.9 Å². The number of aryl methyl sites for hydroxylation is 2. The fraction of sp³-hybridized carbons (Fsp3) is 0.306. The number of aromatic nitrogens is 4. The molecule has 8 aromatic carbocycles. The van der Waals surface area contributed by atoms with Gasteiger partial charge in [-0.3, -0.25) is 28.3 Å². The monoisotopic (exact) mass is 1500 g/mol. The van der Waals surface area contributed by atoms with E-state index < -0.39 is 66.2 Å². The van der Waals surface area contributed by atoms with Crippen LogP contribution in [0.5, 0.6) is 23.0 Å². The molecule has 0 saturated carbocycles. The molecule has 2 heterocycles. The van der Waals surface area contributed by atoms with E-state index in [-0.39, 0.29) is 100 Å². The normalized spacial score (nSPS) is 12.4. The smallest absolute Gasteiger partial charge is 0.338 e. The summed E-state index contributed by atoms with van der Waals surface area (Å²) in [5.41, 5.74) is 0.700. The van der Waals surface area contributed by atoms with Crippen molar-refractivity contribution in [1.29, 1.82) is 0 Å². The number of methoxy groups -OCH3 is 4. The molecule has 0 radical (unpaired) electrons. The van der Waals surface area contributed by atoms with E-state index in [1.54, 1.807) is 103 Å². The van der Waals surface area contributed by atoms with Crippen LogP contribution in [0.25, 0.3) is 4.85 Å². The second-order valence-corrected chi connectivity index (χ2v) is 27.3. The molecule has 23 nitrogen and oxygen atoms in total. The molecule has 0 fully saturated rings. The van der Waals surface area contributed by atoms with Crippen LogP contribution >= 0.6 is 8.53 Å². The van der Waals surface area contributed by atoms with E-state index in [1.165, 1.54) is 21.5 Å². The number of carbonyl (C=O) groups is 2. The molecular formula is C85H93N6O17P. The molecule has 0 aliphatic carbocycles. The molecule has 0 bridgehead atoms. The van der Waals surface area contributed by atoms with Gasteiger partial charge in [0.05, 0.1) is 81.2 Å². The van der Waals surface area contributed by atoms with Gasteiger partial charge in [0.1, 0.15) is 53.0 Å². The van der Waals surface area contributed by atoms with Crippen LogP contribution in [0.15, 0.2) is 250 Å². The zero-order valence-corrected chi connectivity index (χ0v) is 63.8. The van der Waals surface area contributed by atoms with Crippen molar-refractivity contribution < 1.29 is 61.6 Å². The number of carbonyl (C=O) groups excluding carboxylic acids is 2. The number of rotatable bonds is 36. The number of ether oxygens (including phenoxy) is 8. The maximum Gasteiger partial charge on any atom is 0.338 e. The Morgan fingerprint density at radius 2 is 0.771 bits per heavy atom. The third-order valence-electron chi connectivity index (χ3n) is 18.0. The summed E-state index contributed by atoms with van der Waals surface area (Å²) in [6.07, 6.45) is 1.33. The average molecular weight is 1500 g/mol. The Morgan fingerprint density at radius 1 is 0.450 bits per heavy atom. The molecule has 570 valence electrons. The van der Waals surface area contributed by atoms with Gasteiger partial charge in [-0.05, 0) is 148 Å². The predicted molar refractivity (Wildman–Crippen MR) is 417 cm³/mol. The summed E-state index contributed by atoms with van der Waals surface area (Å²) < 4.78 is 67.3. The third kappa shape index (κ3) is 20.2. The van der Waals surface area contributed by atoms with Crippen molar-refractivity contribution in [3.63, 3.8) is 0 Å². The highest BCUT2D eigenvalue weighted by atomic mass is 31.2. The van der Waals surface area contributed by atoms with Crippen LogP contribution in [0.3, 0.4) is 0 Å². The van der Waals surface area contributed by atoms with E-state index in [4.69, 9.17) is 53.5 Å². The van der Waals surface area contributed by atoms with Crippen molar-refractivity contribution >= 4 is 20.3 Å². The average Bonchev–Trinajstić information content (AvgIpc) is 0.759. The zero-order chi connectivity index (χ0) is 78.0. The number of hydrogen-bond acceptors (Lipinski definition) is 18. The van der Waals surface area contributed by atoms with Crippen molar-refractivity contribution in [1.82, 2.24) is 22.9 Å². The van der Waals surface area contributed by atoms with E-state index in [0.29, 0.717) is 32.1 Å². The fourth-order valence-corrected chi connectivity index (χ4v) is 14.2. The molecule has 3 atom stereocenters. The minimum absolute atomic E-state index is 0.00144. The minimum Gasteiger partial charge on any atom is -0.497 e. The molecule has 0 amide bonds. The summed E-state index contributed by atoms with van der Waals surface area (Å²) in [4.78, 5) is 82.9. The molecule has 24 heteroatoms. The lowest BCUT2D eigenvalue weighted by Crippen LogP contribution is -2.45. The number of aliphatic hydroxyl groups excluding tert-OH is 1. The first-order valence-electron chi connectivity index (χ1n) is 35.6. The Balaban J connectivity index is 0.000000258. The van der Waals surface area contributed by atoms with Crippen molar-refractivity contribution in [2.24, 2.45) is 0 Å². The first-order chi connectivity index (χ1) is 52.8. The first-order valence-corrected chi connectivity index (χ1v) is 36.7. The van der Waals surface area contributed by atoms with Gasteiger partial charge in [-0.15, -0.1) is 0 Å². The van der Waals surface area contributed by atoms with Gasteiger partial charge in [0.25, 0.3) is 31.5 Å². The van der Waals surface area contributed by atoms with Crippen molar-refractivity contribution in [3.8, 4) is 23.0 Å². The summed E-state index contributed by atoms with van der Waals surface area (Å²) >= 11 is 0. The lowest BCUT2D eigenvalue weighted by atomic mass is 9.80. The maximum absolute atomic E-state index is 13.7. The second-order valence-electron chi connectivity index (χ2n) is 25.8. The lowest BCUT2D eigenvalue weighted by molar-refractivity contribution is -0.0822. The standard InChI is InChI=1S/C47H55N4O9P.C38H38N2O8/c1-34(2)51(35(3)4)61(59-29-27-48-6)60-33-43(57-30-28-49-31-36(5)44(52)50(46(49)54)45(53)37-15-11-9-12-16-37)32-58-47(38-17-13-10-14-18-38,39-19-23-41(55-7)24-20-39)40-21-25-42(56-8)26-22-40;1-27-24-39(37(44)40(35(27)42)36(43)28-10-6-4-7-11-28)22-23-47-34(25-41)26-48-38(29-12-8-5-9-13-29,30-14-18-32(45-2)19-15-30)31-16-20-33(46-3)21-17-31/h9-26,31,34-35,43H,27-30,32-33H2,1-5,7-8H3;4-21,24,34,41H,22-23,25-26H2,1-3H3/t43-,61?;34-/m01/s1. The molecule has 1 unspecified atom stereocenters. The topological polar surface area (TPSA) is 242 Å². The van der Waals surface area contributed by atoms with Crippen LogP contribution in [0.1, 0.15) is 92.9 Å². The Kier molecular flexibility index (Phi) is 30.1. The SMILES string of the molecule is COc1ccc(C(OC[C@@H](CO)OCCn2cc(C)c(=O)n(C(=O)c3ccccc3)c2=O)(c2ccccc2)c2ccc(OC)cc2)cc1.[C-]#[N+]CCOP(OC[C@H](COC(c1ccccc1)(c1ccc(OC)cc1)c1ccc(OC)cc1)OCCn1cc(C)c(=O)n(C(=O)c2ccccc2)c1=O)N(C(C)C)C(C)C. The molecule has 2 aromatic heterocycles. The van der Waals surface area contributed by atoms with Gasteiger partial charge >= 0.3 is 11.4 Å². The van der Waals surface area contributed by atoms with Gasteiger partial charge in [0.15, 0.2) is 0 Å². The van der Waals surface area contributed by atoms with Crippen LogP contribution in [0.2, 0.25) is 0 Å². The predicted octanol–water partition coefficient (Wildman–Crippen LogP) is 12.1. The highest BCUT2D eigenvalue weighted by Crippen LogP contribution is 2.47. The van der Waals surface area contributed by atoms with Gasteiger partial charge in [-0.25, -0.2) is 20.8 Å². The molecule has 0 aliphatic heterocycles. The Hall–Kier alpha value is -10.7. The largest absolute Gasteiger partial charge is 0.497 e. The molecule has 0 spiro atoms. The van der Waals surface area contributed by atoms with Crippen molar-refractivity contribution in [2.75, 3.05) is 81.2 Å². The Morgan fingerprint density at radius 3 is 1.09 bits per heavy atom. The van der Waals surface area contributed by atoms with Gasteiger partial charge in [0, 0.05) is 46.7 Å². The number of aliphatic hydroxyl groups is 1. The Labute approximate surface area is 635 Å². The molecule has 0 saturated heterocycles. The quantitative estimate of drug-likeness (QED) is 0.0166. The Bertz CT molecular complexity index is 4740.